The Morgan fingerprint density at radius 3 is 1.94 bits per heavy atom. The van der Waals surface area contributed by atoms with Crippen LogP contribution in [-0.4, -0.2) is 0 Å². The average molecular weight is 889 g/mol. The lowest BCUT2D eigenvalue weighted by atomic mass is 9.93. The Morgan fingerprint density at radius 2 is 1.10 bits per heavy atom. The summed E-state index contributed by atoms with van der Waals surface area (Å²) in [5.41, 5.74) is 13.8. The second kappa shape index (κ2) is 17.8. The van der Waals surface area contributed by atoms with Crippen LogP contribution in [0, 0.1) is 0 Å². The molecule has 3 heterocycles. The Morgan fingerprint density at radius 1 is 0.435 bits per heavy atom. The average Bonchev–Trinajstić information content (AvgIpc) is 3.83. The summed E-state index contributed by atoms with van der Waals surface area (Å²) in [7, 11) is 0. The van der Waals surface area contributed by atoms with Crippen LogP contribution in [0.15, 0.2) is 271 Å². The number of para-hydroxylation sites is 4. The third kappa shape index (κ3) is 7.68. The molecule has 1 aliphatic rings. The Hall–Kier alpha value is -9.32. The first-order valence-electron chi connectivity index (χ1n) is 23.1. The smallest absolute Gasteiger partial charge is 0.159 e. The highest BCUT2D eigenvalue weighted by Crippen LogP contribution is 2.54. The fraction of sp³-hybridized carbons (Fsp3) is 0. The summed E-state index contributed by atoms with van der Waals surface area (Å²) in [5.74, 6) is 1.59. The highest BCUT2D eigenvalue weighted by molar-refractivity contribution is 6.10. The number of benzene rings is 9. The Balaban J connectivity index is 0.927. The number of fused-ring (bicyclic) bond motifs is 6. The van der Waals surface area contributed by atoms with Crippen molar-refractivity contribution in [1.29, 1.82) is 0 Å². The molecule has 5 heteroatoms. The zero-order chi connectivity index (χ0) is 46.1. The fourth-order valence-corrected chi connectivity index (χ4v) is 9.47. The van der Waals surface area contributed by atoms with E-state index in [0.29, 0.717) is 0 Å². The van der Waals surface area contributed by atoms with Gasteiger partial charge in [0.2, 0.25) is 0 Å². The first-order valence-corrected chi connectivity index (χ1v) is 23.1. The van der Waals surface area contributed by atoms with Crippen molar-refractivity contribution in [2.45, 2.75) is 0 Å². The van der Waals surface area contributed by atoms with Gasteiger partial charge in [-0.2, -0.15) is 0 Å². The molecule has 0 bridgehead atoms. The van der Waals surface area contributed by atoms with E-state index in [2.05, 4.69) is 199 Å². The number of hydrogen-bond acceptors (Lipinski definition) is 5. The molecule has 0 atom stereocenters. The molecule has 1 aliphatic heterocycles. The zero-order valence-corrected chi connectivity index (χ0v) is 37.6. The number of furan rings is 1. The van der Waals surface area contributed by atoms with Gasteiger partial charge in [0.05, 0.1) is 12.0 Å². The van der Waals surface area contributed by atoms with Crippen molar-refractivity contribution in [3.63, 3.8) is 0 Å². The van der Waals surface area contributed by atoms with Crippen molar-refractivity contribution in [2.75, 3.05) is 9.80 Å². The van der Waals surface area contributed by atoms with Gasteiger partial charge < -0.3 is 23.4 Å². The molecule has 0 N–H and O–H groups in total. The molecule has 12 rings (SSSR count). The Bertz CT molecular complexity index is 3840. The van der Waals surface area contributed by atoms with Crippen LogP contribution >= 0.6 is 0 Å². The van der Waals surface area contributed by atoms with Gasteiger partial charge in [0.15, 0.2) is 5.75 Å². The number of allylic oxidation sites excluding steroid dienone is 4. The molecule has 9 aromatic carbocycles. The van der Waals surface area contributed by atoms with Gasteiger partial charge in [-0.15, -0.1) is 0 Å². The van der Waals surface area contributed by atoms with E-state index in [9.17, 15) is 0 Å². The number of hydrogen-bond donors (Lipinski definition) is 0. The lowest BCUT2D eigenvalue weighted by molar-refractivity contribution is 0.488. The molecule has 328 valence electrons. The molecule has 2 aromatic heterocycles. The lowest BCUT2D eigenvalue weighted by Gasteiger charge is -2.31. The molecular weight excluding hydrogens is 845 g/mol. The normalized spacial score (nSPS) is 11.8. The largest absolute Gasteiger partial charge is 0.464 e. The van der Waals surface area contributed by atoms with E-state index in [4.69, 9.17) is 13.6 Å². The molecule has 0 saturated carbocycles. The van der Waals surface area contributed by atoms with Crippen LogP contribution in [0.4, 0.5) is 28.4 Å². The summed E-state index contributed by atoms with van der Waals surface area (Å²) in [5, 5.41) is 5.42. The first kappa shape index (κ1) is 41.1. The van der Waals surface area contributed by atoms with Crippen molar-refractivity contribution in [1.82, 2.24) is 0 Å². The predicted molar refractivity (Wildman–Crippen MR) is 287 cm³/mol. The van der Waals surface area contributed by atoms with Crippen LogP contribution < -0.4 is 14.5 Å². The summed E-state index contributed by atoms with van der Waals surface area (Å²) in [4.78, 5) is 4.48. The van der Waals surface area contributed by atoms with E-state index in [0.717, 1.165) is 117 Å². The van der Waals surface area contributed by atoms with E-state index in [1.807, 2.05) is 67.0 Å². The monoisotopic (exact) mass is 888 g/mol. The fourth-order valence-electron chi connectivity index (χ4n) is 9.47. The van der Waals surface area contributed by atoms with Crippen LogP contribution in [0.1, 0.15) is 0 Å². The molecule has 0 amide bonds. The maximum atomic E-state index is 7.11. The molecule has 5 nitrogen and oxygen atoms in total. The van der Waals surface area contributed by atoms with E-state index in [1.54, 1.807) is 6.08 Å². The van der Waals surface area contributed by atoms with Crippen LogP contribution in [0.3, 0.4) is 0 Å². The summed E-state index contributed by atoms with van der Waals surface area (Å²) in [6.07, 6.45) is 11.6. The maximum Gasteiger partial charge on any atom is 0.159 e. The zero-order valence-electron chi connectivity index (χ0n) is 37.6. The summed E-state index contributed by atoms with van der Waals surface area (Å²) < 4.78 is 19.7. The molecule has 0 aliphatic carbocycles. The minimum Gasteiger partial charge on any atom is -0.464 e. The SMILES string of the molecule is C=C/C=C\C=C\N(c1ccc(-c2cccc3c2oc2ccccc23)cc1)c1ccc2c(c1)-c1cccc3ccc(N(c4ccccc4)c4ccc(-c5ccccc6ccccc6oc5)cc4)c(c13)O2. The van der Waals surface area contributed by atoms with Crippen LogP contribution in [-0.2, 0) is 0 Å². The third-order valence-corrected chi connectivity index (χ3v) is 12.8. The minimum atomic E-state index is 0.786. The van der Waals surface area contributed by atoms with Gasteiger partial charge in [0, 0.05) is 67.2 Å². The van der Waals surface area contributed by atoms with Crippen molar-refractivity contribution in [3.8, 4) is 44.9 Å². The van der Waals surface area contributed by atoms with Crippen molar-refractivity contribution >= 4 is 72.1 Å². The standard InChI is InChI=1S/C64H44N2O3/c1-2-3-4-14-41-65(49-34-31-45(32-35-49)53-24-16-26-56-54-23-11-13-28-60(54)68-63(53)56)52-38-40-61-57(42-52)55-25-15-20-47-33-39-58(64(69-61)62(47)55)66(50-21-6-5-7-22-50)51-36-29-44(30-37-51)48-19-9-8-17-46-18-10-12-27-59(46)67-43-48/h2-43H,1H2/b4-3-,17-8?,19-9?,41-14+,48-43?. The van der Waals surface area contributed by atoms with Gasteiger partial charge >= 0.3 is 0 Å². The van der Waals surface area contributed by atoms with Gasteiger partial charge in [-0.1, -0.05) is 170 Å². The van der Waals surface area contributed by atoms with Gasteiger partial charge in [-0.25, -0.2) is 0 Å². The number of rotatable bonds is 10. The highest BCUT2D eigenvalue weighted by Gasteiger charge is 2.27. The molecule has 0 radical (unpaired) electrons. The van der Waals surface area contributed by atoms with E-state index in [1.165, 1.54) is 0 Å². The molecule has 0 saturated heterocycles. The van der Waals surface area contributed by atoms with E-state index >= 15 is 0 Å². The van der Waals surface area contributed by atoms with Crippen LogP contribution in [0.5, 0.6) is 11.5 Å². The number of ether oxygens (including phenoxy) is 1. The van der Waals surface area contributed by atoms with Crippen molar-refractivity contribution in [3.05, 3.63) is 262 Å². The van der Waals surface area contributed by atoms with Gasteiger partial charge in [-0.3, -0.25) is 0 Å². The number of anilines is 5. The predicted octanol–water partition coefficient (Wildman–Crippen LogP) is 18.6. The van der Waals surface area contributed by atoms with Crippen LogP contribution in [0.25, 0.3) is 77.1 Å². The minimum absolute atomic E-state index is 0.786. The van der Waals surface area contributed by atoms with Crippen LogP contribution in [0.2, 0.25) is 0 Å². The quantitative estimate of drug-likeness (QED) is 0.128. The summed E-state index contributed by atoms with van der Waals surface area (Å²) in [6.45, 7) is 3.87. The second-order valence-corrected chi connectivity index (χ2v) is 16.9. The summed E-state index contributed by atoms with van der Waals surface area (Å²) in [6, 6.07) is 76.0. The molecule has 0 unspecified atom stereocenters. The number of nitrogens with zero attached hydrogens (tertiary/aromatic N) is 2. The highest BCUT2D eigenvalue weighted by atomic mass is 16.5. The maximum absolute atomic E-state index is 7.11. The van der Waals surface area contributed by atoms with Crippen molar-refractivity contribution in [2.24, 2.45) is 0 Å². The molecule has 69 heavy (non-hydrogen) atoms. The van der Waals surface area contributed by atoms with Gasteiger partial charge in [0.1, 0.15) is 22.5 Å². The van der Waals surface area contributed by atoms with E-state index < -0.39 is 0 Å². The van der Waals surface area contributed by atoms with E-state index in [-0.39, 0.29) is 0 Å². The summed E-state index contributed by atoms with van der Waals surface area (Å²) >= 11 is 0. The Kier molecular flexibility index (Phi) is 10.6. The molecule has 11 aromatic rings. The Labute approximate surface area is 400 Å². The molecular formula is C64H44N2O3. The topological polar surface area (TPSA) is 42.0 Å². The third-order valence-electron chi connectivity index (χ3n) is 12.8. The molecule has 0 fully saturated rings. The second-order valence-electron chi connectivity index (χ2n) is 16.9. The lowest BCUT2D eigenvalue weighted by Crippen LogP contribution is -2.12. The van der Waals surface area contributed by atoms with Gasteiger partial charge in [0.25, 0.3) is 0 Å². The molecule has 0 spiro atoms. The van der Waals surface area contributed by atoms with Crippen molar-refractivity contribution < 1.29 is 13.6 Å². The first-order chi connectivity index (χ1) is 34.2. The van der Waals surface area contributed by atoms with Gasteiger partial charge in [-0.05, 0) is 101 Å².